The Morgan fingerprint density at radius 1 is 1.07 bits per heavy atom. The molecule has 0 spiro atoms. The van der Waals surface area contributed by atoms with Crippen molar-refractivity contribution in [2.75, 3.05) is 13.7 Å². The molecule has 0 saturated carbocycles. The van der Waals surface area contributed by atoms with Crippen LogP contribution in [-0.4, -0.2) is 28.0 Å². The molecule has 1 amide bonds. The van der Waals surface area contributed by atoms with E-state index in [4.69, 9.17) is 4.74 Å². The van der Waals surface area contributed by atoms with Crippen molar-refractivity contribution in [3.05, 3.63) is 81.5 Å². The van der Waals surface area contributed by atoms with Gasteiger partial charge >= 0.3 is 0 Å². The molecular formula is C22H23NO4S2. The van der Waals surface area contributed by atoms with Crippen molar-refractivity contribution in [1.29, 1.82) is 0 Å². The number of carbonyl (C=O) groups excluding carboxylic acids is 1. The van der Waals surface area contributed by atoms with Crippen LogP contribution in [0.1, 0.15) is 31.6 Å². The summed E-state index contributed by atoms with van der Waals surface area (Å²) in [5, 5.41) is 3.77. The summed E-state index contributed by atoms with van der Waals surface area (Å²) in [4.78, 5) is 13.5. The number of nitrogens with one attached hydrogen (secondary N) is 1. The fourth-order valence-corrected chi connectivity index (χ4v) is 5.94. The number of benzene rings is 2. The van der Waals surface area contributed by atoms with Crippen LogP contribution >= 0.6 is 11.3 Å². The van der Waals surface area contributed by atoms with Crippen LogP contribution in [0.2, 0.25) is 0 Å². The van der Waals surface area contributed by atoms with Gasteiger partial charge in [0.1, 0.15) is 11.0 Å². The minimum Gasteiger partial charge on any atom is -0.497 e. The zero-order valence-corrected chi connectivity index (χ0v) is 18.1. The van der Waals surface area contributed by atoms with Gasteiger partial charge in [-0.15, -0.1) is 11.3 Å². The van der Waals surface area contributed by atoms with Crippen molar-refractivity contribution in [3.8, 4) is 5.75 Å². The van der Waals surface area contributed by atoms with Crippen LogP contribution < -0.4 is 10.1 Å². The minimum atomic E-state index is -3.70. The second kappa shape index (κ2) is 8.80. The van der Waals surface area contributed by atoms with Gasteiger partial charge in [-0.2, -0.15) is 0 Å². The summed E-state index contributed by atoms with van der Waals surface area (Å²) >= 11 is 1.36. The van der Waals surface area contributed by atoms with E-state index in [1.54, 1.807) is 30.3 Å². The number of sulfone groups is 1. The molecule has 0 unspecified atom stereocenters. The Morgan fingerprint density at radius 3 is 2.28 bits per heavy atom. The molecule has 0 saturated heterocycles. The number of hydrogen-bond acceptors (Lipinski definition) is 5. The van der Waals surface area contributed by atoms with Gasteiger partial charge in [-0.3, -0.25) is 4.79 Å². The smallest absolute Gasteiger partial charge is 0.251 e. The van der Waals surface area contributed by atoms with Gasteiger partial charge in [0.2, 0.25) is 0 Å². The zero-order chi connectivity index (χ0) is 21.0. The van der Waals surface area contributed by atoms with E-state index in [0.29, 0.717) is 16.2 Å². The van der Waals surface area contributed by atoms with Crippen molar-refractivity contribution < 1.29 is 17.9 Å². The van der Waals surface area contributed by atoms with Gasteiger partial charge < -0.3 is 10.1 Å². The SMILES string of the molecule is COc1ccc(S(=O)(=O)[C@H](CNC(=O)c2cc(C)cc(C)c2)c2cccs2)cc1. The number of aryl methyl sites for hydroxylation is 2. The van der Waals surface area contributed by atoms with E-state index < -0.39 is 15.1 Å². The van der Waals surface area contributed by atoms with Crippen LogP contribution in [0.25, 0.3) is 0 Å². The number of hydrogen-bond donors (Lipinski definition) is 1. The fourth-order valence-electron chi connectivity index (χ4n) is 3.16. The summed E-state index contributed by atoms with van der Waals surface area (Å²) in [7, 11) is -2.17. The van der Waals surface area contributed by atoms with Crippen LogP contribution in [0.5, 0.6) is 5.75 Å². The molecule has 0 bridgehead atoms. The van der Waals surface area contributed by atoms with Gasteiger partial charge in [0.05, 0.1) is 12.0 Å². The lowest BCUT2D eigenvalue weighted by molar-refractivity contribution is 0.0953. The Labute approximate surface area is 175 Å². The predicted molar refractivity (Wildman–Crippen MR) is 115 cm³/mol. The van der Waals surface area contributed by atoms with Crippen molar-refractivity contribution in [3.63, 3.8) is 0 Å². The van der Waals surface area contributed by atoms with Gasteiger partial charge in [0.25, 0.3) is 5.91 Å². The number of amides is 1. The molecule has 29 heavy (non-hydrogen) atoms. The van der Waals surface area contributed by atoms with Crippen LogP contribution in [0.15, 0.2) is 64.9 Å². The highest BCUT2D eigenvalue weighted by Gasteiger charge is 2.30. The Kier molecular flexibility index (Phi) is 6.39. The molecule has 3 aromatic rings. The maximum Gasteiger partial charge on any atom is 0.251 e. The maximum atomic E-state index is 13.3. The third kappa shape index (κ3) is 4.86. The molecule has 1 aromatic heterocycles. The summed E-state index contributed by atoms with van der Waals surface area (Å²) in [5.74, 6) is 0.294. The fraction of sp³-hybridized carbons (Fsp3) is 0.227. The predicted octanol–water partition coefficient (Wildman–Crippen LogP) is 4.32. The van der Waals surface area contributed by atoms with Gasteiger partial charge in [-0.25, -0.2) is 8.42 Å². The van der Waals surface area contributed by atoms with E-state index in [1.165, 1.54) is 30.6 Å². The molecule has 5 nitrogen and oxygen atoms in total. The number of thiophene rings is 1. The number of methoxy groups -OCH3 is 1. The second-order valence-electron chi connectivity index (χ2n) is 6.81. The topological polar surface area (TPSA) is 72.5 Å². The van der Waals surface area contributed by atoms with Gasteiger partial charge in [-0.05, 0) is 61.7 Å². The molecule has 7 heteroatoms. The molecule has 1 N–H and O–H groups in total. The van der Waals surface area contributed by atoms with Gasteiger partial charge in [0, 0.05) is 17.0 Å². The molecule has 152 valence electrons. The summed E-state index contributed by atoms with van der Waals surface area (Å²) in [5.41, 5.74) is 2.49. The number of rotatable bonds is 7. The van der Waals surface area contributed by atoms with Crippen molar-refractivity contribution in [1.82, 2.24) is 5.32 Å². The highest BCUT2D eigenvalue weighted by Crippen LogP contribution is 2.32. The average molecular weight is 430 g/mol. The summed E-state index contributed by atoms with van der Waals surface area (Å²) in [6.45, 7) is 3.83. The summed E-state index contributed by atoms with van der Waals surface area (Å²) < 4.78 is 31.7. The second-order valence-corrected chi connectivity index (χ2v) is 9.92. The molecule has 0 aliphatic carbocycles. The molecular weight excluding hydrogens is 406 g/mol. The molecule has 1 heterocycles. The van der Waals surface area contributed by atoms with E-state index in [-0.39, 0.29) is 17.3 Å². The molecule has 3 rings (SSSR count). The third-order valence-electron chi connectivity index (χ3n) is 4.55. The first-order valence-corrected chi connectivity index (χ1v) is 11.5. The monoisotopic (exact) mass is 429 g/mol. The maximum absolute atomic E-state index is 13.3. The summed E-state index contributed by atoms with van der Waals surface area (Å²) in [6, 6.07) is 15.4. The number of ether oxygens (including phenoxy) is 1. The first kappa shape index (κ1) is 21.1. The Morgan fingerprint density at radius 2 is 1.72 bits per heavy atom. The molecule has 0 radical (unpaired) electrons. The Hall–Kier alpha value is -2.64. The largest absolute Gasteiger partial charge is 0.497 e. The van der Waals surface area contributed by atoms with Crippen LogP contribution in [-0.2, 0) is 9.84 Å². The molecule has 1 atom stereocenters. The lowest BCUT2D eigenvalue weighted by atomic mass is 10.1. The van der Waals surface area contributed by atoms with Crippen LogP contribution in [0, 0.1) is 13.8 Å². The Bertz CT molecular complexity index is 1070. The molecule has 0 fully saturated rings. The highest BCUT2D eigenvalue weighted by molar-refractivity contribution is 7.91. The lowest BCUT2D eigenvalue weighted by Gasteiger charge is -2.18. The minimum absolute atomic E-state index is 0.0132. The first-order valence-electron chi connectivity index (χ1n) is 9.09. The van der Waals surface area contributed by atoms with Gasteiger partial charge in [-0.1, -0.05) is 23.3 Å². The van der Waals surface area contributed by atoms with Crippen molar-refractivity contribution >= 4 is 27.1 Å². The van der Waals surface area contributed by atoms with Crippen molar-refractivity contribution in [2.45, 2.75) is 24.0 Å². The van der Waals surface area contributed by atoms with E-state index in [1.807, 2.05) is 31.4 Å². The van der Waals surface area contributed by atoms with E-state index in [9.17, 15) is 13.2 Å². The summed E-state index contributed by atoms with van der Waals surface area (Å²) in [6.07, 6.45) is 0. The normalized spacial score (nSPS) is 12.4. The molecule has 0 aliphatic heterocycles. The van der Waals surface area contributed by atoms with Crippen molar-refractivity contribution in [2.24, 2.45) is 0 Å². The first-order chi connectivity index (χ1) is 13.8. The molecule has 2 aromatic carbocycles. The zero-order valence-electron chi connectivity index (χ0n) is 16.5. The standard InChI is InChI=1S/C22H23NO4S2/c1-15-11-16(2)13-17(12-15)22(24)23-14-21(20-5-4-10-28-20)29(25,26)19-8-6-18(27-3)7-9-19/h4-13,21H,14H2,1-3H3,(H,23,24)/t21-/m1/s1. The van der Waals surface area contributed by atoms with Crippen LogP contribution in [0.3, 0.4) is 0 Å². The lowest BCUT2D eigenvalue weighted by Crippen LogP contribution is -2.31. The quantitative estimate of drug-likeness (QED) is 0.607. The molecule has 0 aliphatic rings. The highest BCUT2D eigenvalue weighted by atomic mass is 32.2. The average Bonchev–Trinajstić information content (AvgIpc) is 3.21. The third-order valence-corrected chi connectivity index (χ3v) is 7.79. The van der Waals surface area contributed by atoms with E-state index >= 15 is 0 Å². The van der Waals surface area contributed by atoms with Crippen LogP contribution in [0.4, 0.5) is 0 Å². The van der Waals surface area contributed by atoms with E-state index in [0.717, 1.165) is 11.1 Å². The van der Waals surface area contributed by atoms with Gasteiger partial charge in [0.15, 0.2) is 9.84 Å². The number of carbonyl (C=O) groups is 1. The van der Waals surface area contributed by atoms with E-state index in [2.05, 4.69) is 5.32 Å². The Balaban J connectivity index is 1.87.